The molecule has 10 heteroatoms. The number of hydrogen-bond acceptors (Lipinski definition) is 4. The molecule has 1 aromatic rings. The van der Waals surface area contributed by atoms with Gasteiger partial charge in [0, 0.05) is 6.04 Å². The van der Waals surface area contributed by atoms with Crippen LogP contribution in [0.1, 0.15) is 25.1 Å². The number of aliphatic carboxylic acids is 1. The van der Waals surface area contributed by atoms with Crippen molar-refractivity contribution < 1.29 is 27.9 Å². The second-order valence-corrected chi connectivity index (χ2v) is 6.10. The van der Waals surface area contributed by atoms with Crippen LogP contribution < -0.4 is 5.32 Å². The fraction of sp³-hybridized carbons (Fsp3) is 0.692. The predicted octanol–water partition coefficient (Wildman–Crippen LogP) is 0.912. The van der Waals surface area contributed by atoms with E-state index in [1.807, 2.05) is 0 Å². The highest BCUT2D eigenvalue weighted by atomic mass is 19.4. The Bertz CT molecular complexity index is 630. The maximum absolute atomic E-state index is 12.4. The van der Waals surface area contributed by atoms with E-state index in [1.165, 1.54) is 0 Å². The second-order valence-electron chi connectivity index (χ2n) is 6.10. The molecule has 0 radical (unpaired) electrons. The van der Waals surface area contributed by atoms with Crippen LogP contribution in [0.25, 0.3) is 0 Å². The van der Waals surface area contributed by atoms with Crippen molar-refractivity contribution in [2.24, 2.45) is 17.8 Å². The summed E-state index contributed by atoms with van der Waals surface area (Å²) in [5.41, 5.74) is 0. The SMILES string of the molecule is O=C(Cn1cnc(C(F)(F)F)n1)NC1CC2CC(C(=O)O)CC21. The lowest BCUT2D eigenvalue weighted by molar-refractivity contribution is -0.145. The molecule has 1 aromatic heterocycles. The highest BCUT2D eigenvalue weighted by Gasteiger charge is 2.49. The van der Waals surface area contributed by atoms with Gasteiger partial charge in [-0.05, 0) is 31.1 Å². The first-order valence-electron chi connectivity index (χ1n) is 7.23. The molecule has 1 amide bonds. The second kappa shape index (κ2) is 5.50. The van der Waals surface area contributed by atoms with Crippen molar-refractivity contribution >= 4 is 11.9 Å². The summed E-state index contributed by atoms with van der Waals surface area (Å²) in [6.45, 7) is -0.348. The number of aromatic nitrogens is 3. The van der Waals surface area contributed by atoms with Crippen molar-refractivity contribution in [1.29, 1.82) is 0 Å². The smallest absolute Gasteiger partial charge is 0.453 e. The number of hydrogen-bond donors (Lipinski definition) is 2. The molecule has 4 atom stereocenters. The van der Waals surface area contributed by atoms with Gasteiger partial charge in [0.15, 0.2) is 0 Å². The Morgan fingerprint density at radius 1 is 1.35 bits per heavy atom. The summed E-state index contributed by atoms with van der Waals surface area (Å²) in [4.78, 5) is 26.0. The van der Waals surface area contributed by atoms with Gasteiger partial charge < -0.3 is 10.4 Å². The Hall–Kier alpha value is -2.13. The summed E-state index contributed by atoms with van der Waals surface area (Å²) in [5, 5.41) is 15.0. The molecule has 2 N–H and O–H groups in total. The van der Waals surface area contributed by atoms with Gasteiger partial charge >= 0.3 is 12.1 Å². The first kappa shape index (κ1) is 15.8. The number of halogens is 3. The molecule has 2 aliphatic carbocycles. The first-order valence-corrected chi connectivity index (χ1v) is 7.23. The zero-order valence-electron chi connectivity index (χ0n) is 12.0. The van der Waals surface area contributed by atoms with Crippen LogP contribution in [0.2, 0.25) is 0 Å². The fourth-order valence-corrected chi connectivity index (χ4v) is 3.49. The standard InChI is InChI=1S/C13H15F3N4O3/c14-13(15,16)12-17-5-20(19-12)4-10(21)18-9-3-6-1-7(11(22)23)2-8(6)9/h5-9H,1-4H2,(H,18,21)(H,22,23). The molecule has 2 aliphatic rings. The third kappa shape index (κ3) is 3.15. The average molecular weight is 332 g/mol. The van der Waals surface area contributed by atoms with Crippen LogP contribution in [0.15, 0.2) is 6.33 Å². The average Bonchev–Trinajstić information content (AvgIpc) is 3.00. The predicted molar refractivity (Wildman–Crippen MR) is 68.9 cm³/mol. The van der Waals surface area contributed by atoms with Crippen LogP contribution in [0, 0.1) is 17.8 Å². The van der Waals surface area contributed by atoms with Gasteiger partial charge in [0.05, 0.1) is 5.92 Å². The Labute approximate surface area is 128 Å². The molecule has 4 unspecified atom stereocenters. The van der Waals surface area contributed by atoms with Crippen molar-refractivity contribution in [3.63, 3.8) is 0 Å². The number of nitrogens with zero attached hydrogens (tertiary/aromatic N) is 3. The van der Waals surface area contributed by atoms with Gasteiger partial charge in [-0.3, -0.25) is 9.59 Å². The Kier molecular flexibility index (Phi) is 3.77. The number of carboxylic acid groups (broad SMARTS) is 1. The van der Waals surface area contributed by atoms with E-state index < -0.39 is 23.9 Å². The van der Waals surface area contributed by atoms with E-state index in [4.69, 9.17) is 5.11 Å². The van der Waals surface area contributed by atoms with Crippen LogP contribution in [0.5, 0.6) is 0 Å². The maximum atomic E-state index is 12.4. The van der Waals surface area contributed by atoms with Crippen LogP contribution >= 0.6 is 0 Å². The lowest BCUT2D eigenvalue weighted by Crippen LogP contribution is -2.51. The van der Waals surface area contributed by atoms with Crippen LogP contribution in [0.4, 0.5) is 13.2 Å². The highest BCUT2D eigenvalue weighted by Crippen LogP contribution is 2.49. The van der Waals surface area contributed by atoms with Gasteiger partial charge in [0.2, 0.25) is 5.91 Å². The summed E-state index contributed by atoms with van der Waals surface area (Å²) in [7, 11) is 0. The Morgan fingerprint density at radius 2 is 2.09 bits per heavy atom. The minimum Gasteiger partial charge on any atom is -0.481 e. The van der Waals surface area contributed by atoms with Gasteiger partial charge in [-0.15, -0.1) is 5.10 Å². The normalized spacial score (nSPS) is 29.7. The van der Waals surface area contributed by atoms with E-state index in [1.54, 1.807) is 0 Å². The molecule has 0 aromatic carbocycles. The lowest BCUT2D eigenvalue weighted by Gasteiger charge is -2.40. The molecule has 126 valence electrons. The third-order valence-electron chi connectivity index (χ3n) is 4.61. The number of nitrogens with one attached hydrogen (secondary N) is 1. The summed E-state index contributed by atoms with van der Waals surface area (Å²) < 4.78 is 38.0. The fourth-order valence-electron chi connectivity index (χ4n) is 3.49. The van der Waals surface area contributed by atoms with Crippen molar-refractivity contribution in [1.82, 2.24) is 20.1 Å². The van der Waals surface area contributed by atoms with Crippen molar-refractivity contribution in [3.8, 4) is 0 Å². The number of amides is 1. The molecule has 0 aliphatic heterocycles. The van der Waals surface area contributed by atoms with E-state index in [2.05, 4.69) is 15.4 Å². The van der Waals surface area contributed by atoms with Gasteiger partial charge in [-0.1, -0.05) is 0 Å². The van der Waals surface area contributed by atoms with E-state index >= 15 is 0 Å². The maximum Gasteiger partial charge on any atom is 0.453 e. The molecule has 0 saturated heterocycles. The van der Waals surface area contributed by atoms with Crippen LogP contribution in [-0.4, -0.2) is 37.8 Å². The first-order chi connectivity index (χ1) is 10.7. The molecule has 2 fully saturated rings. The number of rotatable bonds is 4. The Morgan fingerprint density at radius 3 is 2.70 bits per heavy atom. The zero-order valence-corrected chi connectivity index (χ0v) is 12.0. The van der Waals surface area contributed by atoms with E-state index in [0.717, 1.165) is 11.0 Å². The molecular weight excluding hydrogens is 317 g/mol. The summed E-state index contributed by atoms with van der Waals surface area (Å²) in [5.74, 6) is -2.46. The number of alkyl halides is 3. The number of carboxylic acids is 1. The summed E-state index contributed by atoms with van der Waals surface area (Å²) in [6, 6.07) is -0.109. The Balaban J connectivity index is 1.51. The number of carbonyl (C=O) groups excluding carboxylic acids is 1. The summed E-state index contributed by atoms with van der Waals surface area (Å²) in [6.07, 6.45) is -1.90. The highest BCUT2D eigenvalue weighted by molar-refractivity contribution is 5.76. The van der Waals surface area contributed by atoms with Gasteiger partial charge in [-0.25, -0.2) is 9.67 Å². The van der Waals surface area contributed by atoms with Crippen molar-refractivity contribution in [2.45, 2.75) is 38.0 Å². The molecular formula is C13H15F3N4O3. The number of carbonyl (C=O) groups is 2. The van der Waals surface area contributed by atoms with Gasteiger partial charge in [0.1, 0.15) is 12.9 Å². The third-order valence-corrected chi connectivity index (χ3v) is 4.61. The topological polar surface area (TPSA) is 97.1 Å². The lowest BCUT2D eigenvalue weighted by atomic mass is 9.71. The van der Waals surface area contributed by atoms with E-state index in [0.29, 0.717) is 25.2 Å². The molecule has 7 nitrogen and oxygen atoms in total. The van der Waals surface area contributed by atoms with Gasteiger partial charge in [0.25, 0.3) is 5.82 Å². The molecule has 0 bridgehead atoms. The summed E-state index contributed by atoms with van der Waals surface area (Å²) >= 11 is 0. The van der Waals surface area contributed by atoms with Crippen molar-refractivity contribution in [3.05, 3.63) is 12.2 Å². The van der Waals surface area contributed by atoms with Crippen LogP contribution in [0.3, 0.4) is 0 Å². The molecule has 2 saturated carbocycles. The zero-order chi connectivity index (χ0) is 16.8. The monoisotopic (exact) mass is 332 g/mol. The quantitative estimate of drug-likeness (QED) is 0.854. The van der Waals surface area contributed by atoms with Crippen molar-refractivity contribution in [2.75, 3.05) is 0 Å². The minimum absolute atomic E-state index is 0.109. The molecule has 1 heterocycles. The minimum atomic E-state index is -4.64. The molecule has 0 spiro atoms. The molecule has 3 rings (SSSR count). The largest absolute Gasteiger partial charge is 0.481 e. The van der Waals surface area contributed by atoms with E-state index in [-0.39, 0.29) is 24.4 Å². The molecule has 23 heavy (non-hydrogen) atoms. The van der Waals surface area contributed by atoms with Gasteiger partial charge in [-0.2, -0.15) is 13.2 Å². The van der Waals surface area contributed by atoms with E-state index in [9.17, 15) is 22.8 Å². The number of fused-ring (bicyclic) bond motifs is 1. The van der Waals surface area contributed by atoms with Crippen LogP contribution in [-0.2, 0) is 22.3 Å².